The first-order chi connectivity index (χ1) is 13.7. The van der Waals surface area contributed by atoms with E-state index in [1.54, 1.807) is 12.1 Å². The maximum absolute atomic E-state index is 12.7. The highest BCUT2D eigenvalue weighted by atomic mass is 16.6. The number of benzene rings is 2. The number of hydrogen-bond acceptors (Lipinski definition) is 6. The standard InChI is InChI=1S/C21H22N4O3/c22-21-24-18-9-5-4-8-17(18)19(25-21)20(26)23-11-16-13-27-12-15(28-16)10-14-6-2-1-3-7-14/h1-9,15-16H,10-13H2,(H,23,26)(H2,22,24,25). The lowest BCUT2D eigenvalue weighted by atomic mass is 10.1. The fourth-order valence-electron chi connectivity index (χ4n) is 3.33. The van der Waals surface area contributed by atoms with Crippen LogP contribution in [0.25, 0.3) is 10.9 Å². The Morgan fingerprint density at radius 2 is 1.79 bits per heavy atom. The summed E-state index contributed by atoms with van der Waals surface area (Å²) in [5.41, 5.74) is 7.85. The van der Waals surface area contributed by atoms with Crippen molar-refractivity contribution in [2.45, 2.75) is 18.6 Å². The molecule has 2 unspecified atom stereocenters. The van der Waals surface area contributed by atoms with E-state index in [-0.39, 0.29) is 29.8 Å². The number of anilines is 1. The topological polar surface area (TPSA) is 99.4 Å². The van der Waals surface area contributed by atoms with E-state index in [4.69, 9.17) is 15.2 Å². The molecule has 28 heavy (non-hydrogen) atoms. The van der Waals surface area contributed by atoms with E-state index in [0.717, 1.165) is 6.42 Å². The lowest BCUT2D eigenvalue weighted by Gasteiger charge is -2.30. The molecule has 1 aliphatic rings. The Labute approximate surface area is 162 Å². The van der Waals surface area contributed by atoms with Gasteiger partial charge in [0.2, 0.25) is 5.95 Å². The molecule has 3 aromatic rings. The van der Waals surface area contributed by atoms with Crippen molar-refractivity contribution in [1.29, 1.82) is 0 Å². The van der Waals surface area contributed by atoms with Gasteiger partial charge in [-0.05, 0) is 11.6 Å². The third-order valence-corrected chi connectivity index (χ3v) is 4.62. The van der Waals surface area contributed by atoms with Crippen LogP contribution in [0, 0.1) is 0 Å². The molecular formula is C21H22N4O3. The minimum atomic E-state index is -0.306. The average molecular weight is 378 g/mol. The molecule has 3 N–H and O–H groups in total. The van der Waals surface area contributed by atoms with Gasteiger partial charge in [-0.2, -0.15) is 0 Å². The van der Waals surface area contributed by atoms with Gasteiger partial charge in [-0.3, -0.25) is 4.79 Å². The number of carbonyl (C=O) groups is 1. The van der Waals surface area contributed by atoms with Gasteiger partial charge in [0, 0.05) is 18.4 Å². The first kappa shape index (κ1) is 18.3. The maximum Gasteiger partial charge on any atom is 0.270 e. The number of nitrogens with two attached hydrogens (primary N) is 1. The minimum absolute atomic E-state index is 0.0337. The van der Waals surface area contributed by atoms with Gasteiger partial charge >= 0.3 is 0 Å². The van der Waals surface area contributed by atoms with Crippen LogP contribution in [-0.2, 0) is 15.9 Å². The molecule has 1 aliphatic heterocycles. The molecule has 0 saturated carbocycles. The Balaban J connectivity index is 1.38. The number of carbonyl (C=O) groups excluding carboxylic acids is 1. The van der Waals surface area contributed by atoms with Crippen molar-refractivity contribution in [2.75, 3.05) is 25.5 Å². The number of nitrogens with one attached hydrogen (secondary N) is 1. The zero-order valence-corrected chi connectivity index (χ0v) is 15.4. The van der Waals surface area contributed by atoms with Crippen LogP contribution in [0.3, 0.4) is 0 Å². The number of hydrogen-bond donors (Lipinski definition) is 2. The van der Waals surface area contributed by atoms with Gasteiger partial charge in [-0.1, -0.05) is 48.5 Å². The van der Waals surface area contributed by atoms with Crippen LogP contribution in [0.5, 0.6) is 0 Å². The molecule has 7 heteroatoms. The van der Waals surface area contributed by atoms with E-state index in [2.05, 4.69) is 27.4 Å². The molecule has 1 amide bonds. The molecule has 144 valence electrons. The van der Waals surface area contributed by atoms with Gasteiger partial charge in [0.25, 0.3) is 5.91 Å². The van der Waals surface area contributed by atoms with E-state index in [1.165, 1.54) is 5.56 Å². The molecular weight excluding hydrogens is 356 g/mol. The van der Waals surface area contributed by atoms with E-state index >= 15 is 0 Å². The van der Waals surface area contributed by atoms with Crippen molar-refractivity contribution in [3.8, 4) is 0 Å². The van der Waals surface area contributed by atoms with Crippen molar-refractivity contribution in [3.63, 3.8) is 0 Å². The molecule has 2 atom stereocenters. The number of aromatic nitrogens is 2. The summed E-state index contributed by atoms with van der Waals surface area (Å²) in [5, 5.41) is 3.55. The third-order valence-electron chi connectivity index (χ3n) is 4.62. The first-order valence-corrected chi connectivity index (χ1v) is 9.26. The lowest BCUT2D eigenvalue weighted by molar-refractivity contribution is -0.134. The van der Waals surface area contributed by atoms with Gasteiger partial charge in [0.1, 0.15) is 5.69 Å². The van der Waals surface area contributed by atoms with Crippen molar-refractivity contribution in [3.05, 3.63) is 65.9 Å². The molecule has 2 aromatic carbocycles. The molecule has 0 bridgehead atoms. The molecule has 4 rings (SSSR count). The number of amides is 1. The van der Waals surface area contributed by atoms with Crippen LogP contribution in [-0.4, -0.2) is 47.8 Å². The summed E-state index contributed by atoms with van der Waals surface area (Å²) in [7, 11) is 0. The number of para-hydroxylation sites is 1. The highest BCUT2D eigenvalue weighted by Gasteiger charge is 2.24. The normalized spacial score (nSPS) is 19.4. The van der Waals surface area contributed by atoms with E-state index < -0.39 is 0 Å². The van der Waals surface area contributed by atoms with Crippen molar-refractivity contribution < 1.29 is 14.3 Å². The second-order valence-corrected chi connectivity index (χ2v) is 6.76. The van der Waals surface area contributed by atoms with Gasteiger partial charge in [-0.25, -0.2) is 9.97 Å². The van der Waals surface area contributed by atoms with Crippen molar-refractivity contribution >= 4 is 22.8 Å². The van der Waals surface area contributed by atoms with Gasteiger partial charge in [0.15, 0.2) is 0 Å². The maximum atomic E-state index is 12.7. The zero-order chi connectivity index (χ0) is 19.3. The second-order valence-electron chi connectivity index (χ2n) is 6.76. The first-order valence-electron chi connectivity index (χ1n) is 9.26. The fourth-order valence-corrected chi connectivity index (χ4v) is 3.33. The monoisotopic (exact) mass is 378 g/mol. The Hall–Kier alpha value is -3.03. The van der Waals surface area contributed by atoms with Crippen LogP contribution in [0.2, 0.25) is 0 Å². The van der Waals surface area contributed by atoms with Crippen molar-refractivity contribution in [2.24, 2.45) is 0 Å². The largest absolute Gasteiger partial charge is 0.376 e. The Morgan fingerprint density at radius 3 is 2.64 bits per heavy atom. The summed E-state index contributed by atoms with van der Waals surface area (Å²) >= 11 is 0. The SMILES string of the molecule is Nc1nc(C(=O)NCC2COCC(Cc3ccccc3)O2)c2ccccc2n1. The van der Waals surface area contributed by atoms with Gasteiger partial charge in [-0.15, -0.1) is 0 Å². The number of nitrogen functional groups attached to an aromatic ring is 1. The van der Waals surface area contributed by atoms with E-state index in [0.29, 0.717) is 30.7 Å². The van der Waals surface area contributed by atoms with Gasteiger partial charge < -0.3 is 20.5 Å². The predicted octanol–water partition coefficient (Wildman–Crippen LogP) is 1.97. The Kier molecular flexibility index (Phi) is 5.45. The van der Waals surface area contributed by atoms with Crippen LogP contribution in [0.1, 0.15) is 16.1 Å². The fraction of sp³-hybridized carbons (Fsp3) is 0.286. The number of fused-ring (bicyclic) bond motifs is 1. The van der Waals surface area contributed by atoms with Crippen molar-refractivity contribution in [1.82, 2.24) is 15.3 Å². The zero-order valence-electron chi connectivity index (χ0n) is 15.4. The highest BCUT2D eigenvalue weighted by molar-refractivity contribution is 6.04. The smallest absolute Gasteiger partial charge is 0.270 e. The molecule has 0 spiro atoms. The predicted molar refractivity (Wildman–Crippen MR) is 106 cm³/mol. The summed E-state index contributed by atoms with van der Waals surface area (Å²) in [4.78, 5) is 21.0. The summed E-state index contributed by atoms with van der Waals surface area (Å²) in [6.45, 7) is 1.33. The molecule has 0 radical (unpaired) electrons. The Morgan fingerprint density at radius 1 is 1.04 bits per heavy atom. The molecule has 0 aliphatic carbocycles. The number of nitrogens with zero attached hydrogens (tertiary/aromatic N) is 2. The average Bonchev–Trinajstić information content (AvgIpc) is 2.72. The second kappa shape index (κ2) is 8.33. The van der Waals surface area contributed by atoms with E-state index in [9.17, 15) is 4.79 Å². The minimum Gasteiger partial charge on any atom is -0.376 e. The van der Waals surface area contributed by atoms with Gasteiger partial charge in [0.05, 0.1) is 30.9 Å². The van der Waals surface area contributed by atoms with Crippen LogP contribution in [0.4, 0.5) is 5.95 Å². The van der Waals surface area contributed by atoms with Crippen LogP contribution in [0.15, 0.2) is 54.6 Å². The number of ether oxygens (including phenoxy) is 2. The molecule has 1 saturated heterocycles. The molecule has 7 nitrogen and oxygen atoms in total. The summed E-state index contributed by atoms with van der Waals surface area (Å²) in [6, 6.07) is 17.4. The molecule has 1 fully saturated rings. The number of rotatable bonds is 5. The summed E-state index contributed by atoms with van der Waals surface area (Å²) < 4.78 is 11.8. The third kappa shape index (κ3) is 4.27. The summed E-state index contributed by atoms with van der Waals surface area (Å²) in [6.07, 6.45) is 0.531. The van der Waals surface area contributed by atoms with Crippen LogP contribution >= 0.6 is 0 Å². The highest BCUT2D eigenvalue weighted by Crippen LogP contribution is 2.17. The lowest BCUT2D eigenvalue weighted by Crippen LogP contribution is -2.44. The van der Waals surface area contributed by atoms with E-state index in [1.807, 2.05) is 30.3 Å². The Bertz CT molecular complexity index is 964. The molecule has 2 heterocycles. The summed E-state index contributed by atoms with van der Waals surface area (Å²) in [5.74, 6) is -0.233. The van der Waals surface area contributed by atoms with Crippen LogP contribution < -0.4 is 11.1 Å². The molecule has 1 aromatic heterocycles. The quantitative estimate of drug-likeness (QED) is 0.704.